The Kier molecular flexibility index (Phi) is 4.64. The van der Waals surface area contributed by atoms with E-state index in [1.165, 1.54) is 41.7 Å². The molecule has 1 atom stereocenters. The second-order valence-electron chi connectivity index (χ2n) is 5.96. The Balaban J connectivity index is 1.83. The Bertz CT molecular complexity index is 1110. The fourth-order valence-corrected chi connectivity index (χ4v) is 3.52. The van der Waals surface area contributed by atoms with Crippen LogP contribution in [0.3, 0.4) is 0 Å². The fourth-order valence-electron chi connectivity index (χ4n) is 2.76. The zero-order chi connectivity index (χ0) is 19.7. The molecular weight excluding hydrogens is 389 g/mol. The van der Waals surface area contributed by atoms with Crippen molar-refractivity contribution < 1.29 is 23.0 Å². The Morgan fingerprint density at radius 1 is 0.929 bits per heavy atom. The number of hydrogen-bond acceptors (Lipinski definition) is 5. The third-order valence-electron chi connectivity index (χ3n) is 4.06. The molecule has 0 aliphatic carbocycles. The summed E-state index contributed by atoms with van der Waals surface area (Å²) in [5.74, 6) is -0.160. The van der Waals surface area contributed by atoms with Gasteiger partial charge in [0, 0.05) is 5.56 Å². The van der Waals surface area contributed by atoms with Gasteiger partial charge < -0.3 is 9.84 Å². The minimum atomic E-state index is -4.64. The molecule has 2 heterocycles. The summed E-state index contributed by atoms with van der Waals surface area (Å²) >= 11 is 1.25. The van der Waals surface area contributed by atoms with Gasteiger partial charge in [-0.15, -0.1) is 11.3 Å². The van der Waals surface area contributed by atoms with Crippen LogP contribution in [-0.2, 0) is 0 Å². The Labute approximate surface area is 161 Å². The van der Waals surface area contributed by atoms with Gasteiger partial charge in [0.15, 0.2) is 5.82 Å². The molecule has 0 saturated heterocycles. The number of ether oxygens (including phenoxy) is 1. The number of halogens is 3. The molecule has 0 amide bonds. The van der Waals surface area contributed by atoms with E-state index in [4.69, 9.17) is 4.74 Å². The molecule has 0 bridgehead atoms. The number of thiophene rings is 1. The number of alkyl halides is 3. The van der Waals surface area contributed by atoms with Gasteiger partial charge in [-0.1, -0.05) is 42.5 Å². The van der Waals surface area contributed by atoms with Crippen LogP contribution >= 0.6 is 11.3 Å². The van der Waals surface area contributed by atoms with Crippen LogP contribution in [-0.4, -0.2) is 21.3 Å². The van der Waals surface area contributed by atoms with Crippen molar-refractivity contribution >= 4 is 21.6 Å². The van der Waals surface area contributed by atoms with Gasteiger partial charge in [-0.2, -0.15) is 18.2 Å². The van der Waals surface area contributed by atoms with E-state index in [1.54, 1.807) is 35.7 Å². The van der Waals surface area contributed by atoms with Crippen molar-refractivity contribution in [1.29, 1.82) is 0 Å². The number of aromatic hydroxyl groups is 1. The second-order valence-corrected chi connectivity index (χ2v) is 6.85. The lowest BCUT2D eigenvalue weighted by Gasteiger charge is -2.22. The zero-order valence-electron chi connectivity index (χ0n) is 14.2. The van der Waals surface area contributed by atoms with E-state index in [-0.39, 0.29) is 23.0 Å². The van der Waals surface area contributed by atoms with Crippen molar-refractivity contribution in [2.45, 2.75) is 12.3 Å². The molecule has 142 valence electrons. The lowest BCUT2D eigenvalue weighted by molar-refractivity contribution is -0.198. The molecule has 0 radical (unpaired) electrons. The number of nitrogens with zero attached hydrogens (tertiary/aromatic N) is 2. The summed E-state index contributed by atoms with van der Waals surface area (Å²) in [7, 11) is 0. The molecule has 1 N–H and O–H groups in total. The third kappa shape index (κ3) is 3.50. The van der Waals surface area contributed by atoms with Crippen LogP contribution in [0.15, 0.2) is 66.0 Å². The normalized spacial score (nSPS) is 12.8. The smallest absolute Gasteiger partial charge is 0.429 e. The van der Waals surface area contributed by atoms with Gasteiger partial charge in [0.25, 0.3) is 0 Å². The number of hydrogen-bond donors (Lipinski definition) is 1. The number of phenols is 1. The predicted octanol–water partition coefficient (Wildman–Crippen LogP) is 5.75. The molecule has 0 fully saturated rings. The summed E-state index contributed by atoms with van der Waals surface area (Å²) in [6.07, 6.45) is -6.81. The quantitative estimate of drug-likeness (QED) is 0.473. The van der Waals surface area contributed by atoms with Crippen molar-refractivity contribution in [2.75, 3.05) is 0 Å². The fraction of sp³-hybridized carbons (Fsp3) is 0.100. The van der Waals surface area contributed by atoms with Crippen molar-refractivity contribution in [2.24, 2.45) is 0 Å². The maximum Gasteiger partial charge on any atom is 0.429 e. The van der Waals surface area contributed by atoms with E-state index in [0.29, 0.717) is 15.8 Å². The van der Waals surface area contributed by atoms with Crippen LogP contribution < -0.4 is 4.74 Å². The van der Waals surface area contributed by atoms with Crippen LogP contribution in [0.1, 0.15) is 11.7 Å². The van der Waals surface area contributed by atoms with Crippen LogP contribution in [0.5, 0.6) is 11.6 Å². The molecule has 2 aromatic carbocycles. The molecule has 4 nitrogen and oxygen atoms in total. The zero-order valence-corrected chi connectivity index (χ0v) is 15.0. The summed E-state index contributed by atoms with van der Waals surface area (Å²) in [6.45, 7) is 0. The van der Waals surface area contributed by atoms with E-state index < -0.39 is 12.3 Å². The monoisotopic (exact) mass is 402 g/mol. The standard InChI is InChI=1S/C20H13F3N2O2S/c21-20(22,23)16(12-6-2-1-3-7-12)27-18-14-10-11-28-19(14)25-17(24-18)13-8-4-5-9-15(13)26/h1-11,16,26H. The molecular formula is C20H13F3N2O2S. The van der Waals surface area contributed by atoms with Crippen molar-refractivity contribution in [1.82, 2.24) is 9.97 Å². The molecule has 1 unspecified atom stereocenters. The van der Waals surface area contributed by atoms with Gasteiger partial charge in [0.1, 0.15) is 10.6 Å². The second kappa shape index (κ2) is 7.12. The maximum absolute atomic E-state index is 13.7. The van der Waals surface area contributed by atoms with Gasteiger partial charge in [-0.05, 0) is 23.6 Å². The van der Waals surface area contributed by atoms with Crippen LogP contribution in [0.25, 0.3) is 21.6 Å². The van der Waals surface area contributed by atoms with Gasteiger partial charge in [0.05, 0.1) is 10.9 Å². The third-order valence-corrected chi connectivity index (χ3v) is 4.87. The Morgan fingerprint density at radius 3 is 2.36 bits per heavy atom. The van der Waals surface area contributed by atoms with Gasteiger partial charge in [-0.3, -0.25) is 0 Å². The highest BCUT2D eigenvalue weighted by Crippen LogP contribution is 2.40. The molecule has 0 spiro atoms. The van der Waals surface area contributed by atoms with E-state index in [0.717, 1.165) is 0 Å². The maximum atomic E-state index is 13.7. The van der Waals surface area contributed by atoms with E-state index in [1.807, 2.05) is 0 Å². The summed E-state index contributed by atoms with van der Waals surface area (Å²) in [5.41, 5.74) is 0.284. The lowest BCUT2D eigenvalue weighted by atomic mass is 10.1. The largest absolute Gasteiger partial charge is 0.507 e. The van der Waals surface area contributed by atoms with Crippen LogP contribution in [0.2, 0.25) is 0 Å². The van der Waals surface area contributed by atoms with Gasteiger partial charge in [0.2, 0.25) is 12.0 Å². The molecule has 0 aliphatic heterocycles. The van der Waals surface area contributed by atoms with E-state index in [9.17, 15) is 18.3 Å². The molecule has 8 heteroatoms. The Hall–Kier alpha value is -3.13. The minimum Gasteiger partial charge on any atom is -0.507 e. The Morgan fingerprint density at radius 2 is 1.64 bits per heavy atom. The van der Waals surface area contributed by atoms with E-state index >= 15 is 0 Å². The molecule has 4 rings (SSSR count). The van der Waals surface area contributed by atoms with E-state index in [2.05, 4.69) is 9.97 Å². The van der Waals surface area contributed by atoms with Crippen molar-refractivity contribution in [3.05, 3.63) is 71.6 Å². The molecule has 2 aromatic heterocycles. The molecule has 28 heavy (non-hydrogen) atoms. The first-order valence-electron chi connectivity index (χ1n) is 8.25. The highest BCUT2D eigenvalue weighted by atomic mass is 32.1. The lowest BCUT2D eigenvalue weighted by Crippen LogP contribution is -2.26. The summed E-state index contributed by atoms with van der Waals surface area (Å²) in [6, 6.07) is 15.4. The van der Waals surface area contributed by atoms with Crippen molar-refractivity contribution in [3.63, 3.8) is 0 Å². The number of phenolic OH excluding ortho intramolecular Hbond substituents is 1. The van der Waals surface area contributed by atoms with Gasteiger partial charge in [-0.25, -0.2) is 4.98 Å². The average Bonchev–Trinajstić information content (AvgIpc) is 3.15. The van der Waals surface area contributed by atoms with Crippen molar-refractivity contribution in [3.8, 4) is 23.0 Å². The average molecular weight is 402 g/mol. The first-order valence-corrected chi connectivity index (χ1v) is 9.13. The SMILES string of the molecule is Oc1ccccc1-c1nc(OC(c2ccccc2)C(F)(F)F)c2ccsc2n1. The highest BCUT2D eigenvalue weighted by Gasteiger charge is 2.43. The summed E-state index contributed by atoms with van der Waals surface area (Å²) in [5, 5.41) is 12.2. The summed E-state index contributed by atoms with van der Waals surface area (Å²) < 4.78 is 46.5. The number of aromatic nitrogens is 2. The number of benzene rings is 2. The number of para-hydroxylation sites is 1. The number of fused-ring (bicyclic) bond motifs is 1. The molecule has 0 aliphatic rings. The van der Waals surface area contributed by atoms with Gasteiger partial charge >= 0.3 is 6.18 Å². The first kappa shape index (κ1) is 18.2. The van der Waals surface area contributed by atoms with Crippen LogP contribution in [0, 0.1) is 0 Å². The number of rotatable bonds is 4. The highest BCUT2D eigenvalue weighted by molar-refractivity contribution is 7.16. The predicted molar refractivity (Wildman–Crippen MR) is 100 cm³/mol. The topological polar surface area (TPSA) is 55.2 Å². The minimum absolute atomic E-state index is 0.0268. The summed E-state index contributed by atoms with van der Waals surface area (Å²) in [4.78, 5) is 9.02. The molecule has 4 aromatic rings. The van der Waals surface area contributed by atoms with Crippen LogP contribution in [0.4, 0.5) is 13.2 Å². The molecule has 0 saturated carbocycles. The first-order chi connectivity index (χ1) is 13.4.